The van der Waals surface area contributed by atoms with Gasteiger partial charge in [0.25, 0.3) is 0 Å². The lowest BCUT2D eigenvalue weighted by atomic mass is 10.3. The highest BCUT2D eigenvalue weighted by atomic mass is 32.2. The van der Waals surface area contributed by atoms with E-state index >= 15 is 0 Å². The summed E-state index contributed by atoms with van der Waals surface area (Å²) >= 11 is 2.76. The van der Waals surface area contributed by atoms with Gasteiger partial charge in [-0.25, -0.2) is 8.78 Å². The van der Waals surface area contributed by atoms with Crippen LogP contribution < -0.4 is 5.32 Å². The molecule has 1 N–H and O–H groups in total. The second-order valence-corrected chi connectivity index (χ2v) is 7.33. The van der Waals surface area contributed by atoms with E-state index in [4.69, 9.17) is 4.52 Å². The van der Waals surface area contributed by atoms with Crippen molar-refractivity contribution < 1.29 is 18.1 Å². The van der Waals surface area contributed by atoms with Gasteiger partial charge in [-0.05, 0) is 30.5 Å². The van der Waals surface area contributed by atoms with E-state index in [0.717, 1.165) is 23.1 Å². The highest BCUT2D eigenvalue weighted by Gasteiger charge is 2.18. The Bertz CT molecular complexity index is 868. The summed E-state index contributed by atoms with van der Waals surface area (Å²) in [5, 5.41) is 7.67. The minimum absolute atomic E-state index is 0.185. The van der Waals surface area contributed by atoms with Gasteiger partial charge in [0.05, 0.1) is 21.6 Å². The SMILES string of the molecule is CC(SCc1nc(-c2cccs2)no1)C(=O)Nc1cc(F)ccc1F. The van der Waals surface area contributed by atoms with Crippen LogP contribution in [0, 0.1) is 11.6 Å². The number of thioether (sulfide) groups is 1. The zero-order valence-corrected chi connectivity index (χ0v) is 14.7. The summed E-state index contributed by atoms with van der Waals surface area (Å²) in [6, 6.07) is 6.67. The first-order chi connectivity index (χ1) is 12.0. The van der Waals surface area contributed by atoms with Gasteiger partial charge in [0, 0.05) is 6.07 Å². The van der Waals surface area contributed by atoms with Crippen LogP contribution in [0.25, 0.3) is 10.7 Å². The molecule has 3 aromatic rings. The number of nitrogens with zero attached hydrogens (tertiary/aromatic N) is 2. The van der Waals surface area contributed by atoms with Gasteiger partial charge in [-0.15, -0.1) is 23.1 Å². The Kier molecular flexibility index (Phi) is 5.44. The molecule has 0 saturated carbocycles. The number of benzene rings is 1. The predicted octanol–water partition coefficient (Wildman–Crippen LogP) is 4.34. The van der Waals surface area contributed by atoms with Gasteiger partial charge in [-0.1, -0.05) is 11.2 Å². The van der Waals surface area contributed by atoms with Gasteiger partial charge in [-0.2, -0.15) is 4.98 Å². The first-order valence-electron chi connectivity index (χ1n) is 7.27. The summed E-state index contributed by atoms with van der Waals surface area (Å²) in [5.41, 5.74) is -0.185. The van der Waals surface area contributed by atoms with Crippen molar-refractivity contribution in [3.05, 3.63) is 53.2 Å². The number of hydrogen-bond donors (Lipinski definition) is 1. The molecule has 2 heterocycles. The standard InChI is InChI=1S/C16H13F2N3O2S2/c1-9(16(22)19-12-7-10(17)4-5-11(12)18)25-8-14-20-15(21-23-14)13-3-2-6-24-13/h2-7,9H,8H2,1H3,(H,19,22). The van der Waals surface area contributed by atoms with Gasteiger partial charge in [0.2, 0.25) is 17.6 Å². The lowest BCUT2D eigenvalue weighted by Gasteiger charge is -2.11. The maximum atomic E-state index is 13.6. The first-order valence-corrected chi connectivity index (χ1v) is 9.20. The van der Waals surface area contributed by atoms with E-state index in [9.17, 15) is 13.6 Å². The summed E-state index contributed by atoms with van der Waals surface area (Å²) in [6.45, 7) is 1.66. The first kappa shape index (κ1) is 17.6. The largest absolute Gasteiger partial charge is 0.338 e. The average Bonchev–Trinajstić information content (AvgIpc) is 3.26. The van der Waals surface area contributed by atoms with Crippen LogP contribution in [0.2, 0.25) is 0 Å². The Labute approximate surface area is 150 Å². The number of nitrogens with one attached hydrogen (secondary N) is 1. The number of aromatic nitrogens is 2. The molecule has 1 amide bonds. The molecule has 0 aliphatic carbocycles. The molecule has 25 heavy (non-hydrogen) atoms. The summed E-state index contributed by atoms with van der Waals surface area (Å²) in [7, 11) is 0. The Morgan fingerprint density at radius 1 is 1.40 bits per heavy atom. The minimum Gasteiger partial charge on any atom is -0.338 e. The highest BCUT2D eigenvalue weighted by molar-refractivity contribution is 7.99. The molecule has 2 aromatic heterocycles. The molecule has 5 nitrogen and oxygen atoms in total. The van der Waals surface area contributed by atoms with Gasteiger partial charge in [-0.3, -0.25) is 4.79 Å². The molecule has 0 aliphatic heterocycles. The van der Waals surface area contributed by atoms with E-state index in [-0.39, 0.29) is 5.69 Å². The number of anilines is 1. The van der Waals surface area contributed by atoms with Crippen LogP contribution in [-0.2, 0) is 10.5 Å². The molecule has 0 bridgehead atoms. The predicted molar refractivity (Wildman–Crippen MR) is 93.4 cm³/mol. The summed E-state index contributed by atoms with van der Waals surface area (Å²) in [5.74, 6) is -0.520. The van der Waals surface area contributed by atoms with Crippen LogP contribution in [0.5, 0.6) is 0 Å². The van der Waals surface area contributed by atoms with Crippen molar-refractivity contribution in [1.82, 2.24) is 10.1 Å². The number of carbonyl (C=O) groups is 1. The van der Waals surface area contributed by atoms with E-state index in [1.165, 1.54) is 23.1 Å². The number of hydrogen-bond acceptors (Lipinski definition) is 6. The zero-order chi connectivity index (χ0) is 17.8. The lowest BCUT2D eigenvalue weighted by molar-refractivity contribution is -0.115. The third-order valence-corrected chi connectivity index (χ3v) is 5.22. The van der Waals surface area contributed by atoms with Crippen LogP contribution in [0.15, 0.2) is 40.2 Å². The minimum atomic E-state index is -0.690. The summed E-state index contributed by atoms with van der Waals surface area (Å²) < 4.78 is 31.9. The number of carbonyl (C=O) groups excluding carboxylic acids is 1. The molecule has 1 aromatic carbocycles. The molecular formula is C16H13F2N3O2S2. The van der Waals surface area contributed by atoms with Crippen LogP contribution in [0.4, 0.5) is 14.5 Å². The quantitative estimate of drug-likeness (QED) is 0.688. The molecule has 1 unspecified atom stereocenters. The third-order valence-electron chi connectivity index (χ3n) is 3.22. The van der Waals surface area contributed by atoms with Gasteiger partial charge >= 0.3 is 0 Å². The van der Waals surface area contributed by atoms with Crippen molar-refractivity contribution in [3.63, 3.8) is 0 Å². The summed E-state index contributed by atoms with van der Waals surface area (Å²) in [4.78, 5) is 17.3. The average molecular weight is 381 g/mol. The fourth-order valence-electron chi connectivity index (χ4n) is 1.92. The van der Waals surface area contributed by atoms with Gasteiger partial charge in [0.1, 0.15) is 11.6 Å². The molecule has 0 fully saturated rings. The maximum Gasteiger partial charge on any atom is 0.237 e. The second kappa shape index (κ2) is 7.75. The van der Waals surface area contributed by atoms with Crippen molar-refractivity contribution in [3.8, 4) is 10.7 Å². The smallest absolute Gasteiger partial charge is 0.237 e. The van der Waals surface area contributed by atoms with E-state index in [1.807, 2.05) is 17.5 Å². The zero-order valence-electron chi connectivity index (χ0n) is 13.0. The maximum absolute atomic E-state index is 13.6. The molecule has 3 rings (SSSR count). The third kappa shape index (κ3) is 4.43. The highest BCUT2D eigenvalue weighted by Crippen LogP contribution is 2.24. The van der Waals surface area contributed by atoms with Crippen molar-refractivity contribution in [2.45, 2.75) is 17.9 Å². The monoisotopic (exact) mass is 381 g/mol. The fourth-order valence-corrected chi connectivity index (χ4v) is 3.29. The van der Waals surface area contributed by atoms with Crippen LogP contribution in [0.3, 0.4) is 0 Å². The molecule has 0 spiro atoms. The fraction of sp³-hybridized carbons (Fsp3) is 0.188. The van der Waals surface area contributed by atoms with Crippen LogP contribution in [-0.4, -0.2) is 21.3 Å². The Morgan fingerprint density at radius 3 is 3.00 bits per heavy atom. The topological polar surface area (TPSA) is 68.0 Å². The second-order valence-electron chi connectivity index (χ2n) is 5.06. The molecule has 9 heteroatoms. The number of halogens is 2. The van der Waals surface area contributed by atoms with E-state index in [2.05, 4.69) is 15.5 Å². The van der Waals surface area contributed by atoms with E-state index in [0.29, 0.717) is 17.5 Å². The molecule has 0 aliphatic rings. The number of amides is 1. The Morgan fingerprint density at radius 2 is 2.24 bits per heavy atom. The normalized spacial score (nSPS) is 12.1. The van der Waals surface area contributed by atoms with Crippen molar-refractivity contribution in [2.24, 2.45) is 0 Å². The molecule has 130 valence electrons. The number of rotatable bonds is 6. The lowest BCUT2D eigenvalue weighted by Crippen LogP contribution is -2.23. The van der Waals surface area contributed by atoms with E-state index < -0.39 is 22.8 Å². The molecule has 0 radical (unpaired) electrons. The Hall–Kier alpha value is -2.26. The van der Waals surface area contributed by atoms with E-state index in [1.54, 1.807) is 6.92 Å². The van der Waals surface area contributed by atoms with Crippen LogP contribution >= 0.6 is 23.1 Å². The Balaban J connectivity index is 1.56. The number of thiophene rings is 1. The van der Waals surface area contributed by atoms with Crippen molar-refractivity contribution in [2.75, 3.05) is 5.32 Å². The van der Waals surface area contributed by atoms with Crippen molar-refractivity contribution >= 4 is 34.7 Å². The summed E-state index contributed by atoms with van der Waals surface area (Å²) in [6.07, 6.45) is 0. The molecule has 0 saturated heterocycles. The molecule has 1 atom stereocenters. The van der Waals surface area contributed by atoms with Gasteiger partial charge in [0.15, 0.2) is 0 Å². The van der Waals surface area contributed by atoms with Gasteiger partial charge < -0.3 is 9.84 Å². The van der Waals surface area contributed by atoms with Crippen molar-refractivity contribution in [1.29, 1.82) is 0 Å². The molecular weight excluding hydrogens is 368 g/mol. The van der Waals surface area contributed by atoms with Crippen LogP contribution in [0.1, 0.15) is 12.8 Å².